The number of nitrogens with zero attached hydrogens (tertiary/aromatic N) is 1. The van der Waals surface area contributed by atoms with Crippen molar-refractivity contribution in [2.24, 2.45) is 0 Å². The van der Waals surface area contributed by atoms with Crippen molar-refractivity contribution in [2.45, 2.75) is 39.2 Å². The van der Waals surface area contributed by atoms with Gasteiger partial charge in [0.2, 0.25) is 0 Å². The minimum atomic E-state index is -0.578. The van der Waals surface area contributed by atoms with Gasteiger partial charge in [0.05, 0.1) is 4.92 Å². The predicted molar refractivity (Wildman–Crippen MR) is 74.6 cm³/mol. The molecule has 0 heterocycles. The van der Waals surface area contributed by atoms with Crippen molar-refractivity contribution in [3.63, 3.8) is 0 Å². The number of nitro groups is 1. The number of rotatable bonds is 5. The highest BCUT2D eigenvalue weighted by Crippen LogP contribution is 2.25. The molecule has 0 aliphatic carbocycles. The molecule has 5 nitrogen and oxygen atoms in total. The Hall–Kier alpha value is -1.62. The van der Waals surface area contributed by atoms with Gasteiger partial charge in [-0.15, -0.1) is 0 Å². The quantitative estimate of drug-likeness (QED) is 0.664. The highest BCUT2D eigenvalue weighted by atomic mass is 35.5. The van der Waals surface area contributed by atoms with Gasteiger partial charge in [0.15, 0.2) is 0 Å². The van der Waals surface area contributed by atoms with Gasteiger partial charge in [-0.1, -0.05) is 24.9 Å². The molecule has 0 radical (unpaired) electrons. The van der Waals surface area contributed by atoms with Gasteiger partial charge >= 0.3 is 0 Å². The van der Waals surface area contributed by atoms with E-state index in [9.17, 15) is 14.9 Å². The molecule has 1 N–H and O–H groups in total. The van der Waals surface area contributed by atoms with Crippen LogP contribution in [0, 0.1) is 10.1 Å². The second-order valence-electron chi connectivity index (χ2n) is 5.01. The summed E-state index contributed by atoms with van der Waals surface area (Å²) in [6.07, 6.45) is 1.80. The minimum absolute atomic E-state index is 0.0362. The Bertz CT molecular complexity index is 501. The molecule has 0 saturated carbocycles. The van der Waals surface area contributed by atoms with Crippen LogP contribution < -0.4 is 5.32 Å². The van der Waals surface area contributed by atoms with E-state index < -0.39 is 4.92 Å². The lowest BCUT2D eigenvalue weighted by Crippen LogP contribution is -2.43. The highest BCUT2D eigenvalue weighted by molar-refractivity contribution is 6.33. The van der Waals surface area contributed by atoms with E-state index in [0.29, 0.717) is 5.56 Å². The molecule has 0 atom stereocenters. The monoisotopic (exact) mass is 284 g/mol. The minimum Gasteiger partial charge on any atom is -0.347 e. The molecule has 0 aliphatic heterocycles. The zero-order chi connectivity index (χ0) is 14.6. The van der Waals surface area contributed by atoms with Crippen molar-refractivity contribution >= 4 is 23.2 Å². The molecule has 1 rings (SSSR count). The zero-order valence-electron chi connectivity index (χ0n) is 11.2. The Morgan fingerprint density at radius 3 is 2.58 bits per heavy atom. The molecular weight excluding hydrogens is 268 g/mol. The summed E-state index contributed by atoms with van der Waals surface area (Å²) < 4.78 is 0. The molecule has 1 aromatic rings. The van der Waals surface area contributed by atoms with E-state index in [4.69, 9.17) is 11.6 Å². The van der Waals surface area contributed by atoms with Crippen molar-refractivity contribution in [3.05, 3.63) is 38.9 Å². The Kier molecular flexibility index (Phi) is 4.89. The fourth-order valence-electron chi connectivity index (χ4n) is 1.86. The number of nitro benzene ring substituents is 1. The van der Waals surface area contributed by atoms with Crippen LogP contribution in [0.5, 0.6) is 0 Å². The van der Waals surface area contributed by atoms with Crippen molar-refractivity contribution in [1.82, 2.24) is 5.32 Å². The molecule has 0 bridgehead atoms. The SMILES string of the molecule is CCCC(C)(C)NC(=O)c1ccc([N+](=O)[O-])c(Cl)c1. The van der Waals surface area contributed by atoms with E-state index in [-0.39, 0.29) is 22.2 Å². The second kappa shape index (κ2) is 6.02. The summed E-state index contributed by atoms with van der Waals surface area (Å²) in [7, 11) is 0. The lowest BCUT2D eigenvalue weighted by Gasteiger charge is -2.25. The van der Waals surface area contributed by atoms with Crippen LogP contribution in [-0.4, -0.2) is 16.4 Å². The summed E-state index contributed by atoms with van der Waals surface area (Å²) >= 11 is 5.78. The molecule has 1 amide bonds. The summed E-state index contributed by atoms with van der Waals surface area (Å²) in [6.45, 7) is 5.90. The molecule has 6 heteroatoms. The van der Waals surface area contributed by atoms with Crippen LogP contribution >= 0.6 is 11.6 Å². The summed E-state index contributed by atoms with van der Waals surface area (Å²) in [5, 5.41) is 13.5. The molecule has 0 spiro atoms. The number of carbonyl (C=O) groups is 1. The van der Waals surface area contributed by atoms with Crippen molar-refractivity contribution < 1.29 is 9.72 Å². The van der Waals surface area contributed by atoms with Crippen LogP contribution in [0.4, 0.5) is 5.69 Å². The van der Waals surface area contributed by atoms with E-state index >= 15 is 0 Å². The Labute approximate surface area is 117 Å². The number of hydrogen-bond acceptors (Lipinski definition) is 3. The molecule has 0 unspecified atom stereocenters. The first kappa shape index (κ1) is 15.4. The van der Waals surface area contributed by atoms with Gasteiger partial charge < -0.3 is 5.32 Å². The zero-order valence-corrected chi connectivity index (χ0v) is 12.0. The van der Waals surface area contributed by atoms with Gasteiger partial charge in [-0.2, -0.15) is 0 Å². The fourth-order valence-corrected chi connectivity index (χ4v) is 2.11. The van der Waals surface area contributed by atoms with Gasteiger partial charge in [0.1, 0.15) is 5.02 Å². The first-order chi connectivity index (χ1) is 8.76. The number of carbonyl (C=O) groups excluding carboxylic acids is 1. The molecule has 0 fully saturated rings. The smallest absolute Gasteiger partial charge is 0.287 e. The van der Waals surface area contributed by atoms with Crippen LogP contribution in [0.15, 0.2) is 18.2 Å². The van der Waals surface area contributed by atoms with E-state index in [1.807, 2.05) is 20.8 Å². The standard InChI is InChI=1S/C13H17ClN2O3/c1-4-7-13(2,3)15-12(17)9-5-6-11(16(18)19)10(14)8-9/h5-6,8H,4,7H2,1-3H3,(H,15,17). The first-order valence-corrected chi connectivity index (χ1v) is 6.41. The number of halogens is 1. The van der Waals surface area contributed by atoms with E-state index in [1.54, 1.807) is 0 Å². The second-order valence-corrected chi connectivity index (χ2v) is 5.42. The average Bonchev–Trinajstić information content (AvgIpc) is 2.27. The normalized spacial score (nSPS) is 11.2. The van der Waals surface area contributed by atoms with Crippen molar-refractivity contribution in [3.8, 4) is 0 Å². The maximum Gasteiger partial charge on any atom is 0.287 e. The van der Waals surface area contributed by atoms with Crippen LogP contribution in [0.2, 0.25) is 5.02 Å². The van der Waals surface area contributed by atoms with E-state index in [1.165, 1.54) is 18.2 Å². The molecule has 0 aromatic heterocycles. The van der Waals surface area contributed by atoms with E-state index in [2.05, 4.69) is 5.32 Å². The fraction of sp³-hybridized carbons (Fsp3) is 0.462. The third kappa shape index (κ3) is 4.21. The first-order valence-electron chi connectivity index (χ1n) is 6.03. The maximum absolute atomic E-state index is 12.0. The van der Waals surface area contributed by atoms with Crippen LogP contribution in [0.1, 0.15) is 44.0 Å². The van der Waals surface area contributed by atoms with Crippen LogP contribution in [0.3, 0.4) is 0 Å². The average molecular weight is 285 g/mol. The summed E-state index contributed by atoms with van der Waals surface area (Å²) in [5.74, 6) is -0.282. The Morgan fingerprint density at radius 1 is 1.47 bits per heavy atom. The predicted octanol–water partition coefficient (Wildman–Crippen LogP) is 3.56. The molecule has 0 aliphatic rings. The summed E-state index contributed by atoms with van der Waals surface area (Å²) in [4.78, 5) is 22.1. The van der Waals surface area contributed by atoms with E-state index in [0.717, 1.165) is 12.8 Å². The number of amides is 1. The molecule has 0 saturated heterocycles. The Morgan fingerprint density at radius 2 is 2.11 bits per heavy atom. The molecular formula is C13H17ClN2O3. The number of hydrogen-bond donors (Lipinski definition) is 1. The van der Waals surface area contributed by atoms with Crippen LogP contribution in [-0.2, 0) is 0 Å². The van der Waals surface area contributed by atoms with Gasteiger partial charge in [-0.3, -0.25) is 14.9 Å². The lowest BCUT2D eigenvalue weighted by atomic mass is 9.98. The highest BCUT2D eigenvalue weighted by Gasteiger charge is 2.21. The van der Waals surface area contributed by atoms with Crippen molar-refractivity contribution in [1.29, 1.82) is 0 Å². The van der Waals surface area contributed by atoms with Crippen LogP contribution in [0.25, 0.3) is 0 Å². The maximum atomic E-state index is 12.0. The number of nitrogens with one attached hydrogen (secondary N) is 1. The summed E-state index contributed by atoms with van der Waals surface area (Å²) in [5.41, 5.74) is -0.203. The topological polar surface area (TPSA) is 72.2 Å². The molecule has 104 valence electrons. The van der Waals surface area contributed by atoms with Gasteiger partial charge in [0, 0.05) is 17.2 Å². The Balaban J connectivity index is 2.90. The van der Waals surface area contributed by atoms with Gasteiger partial charge in [0.25, 0.3) is 11.6 Å². The lowest BCUT2D eigenvalue weighted by molar-refractivity contribution is -0.384. The van der Waals surface area contributed by atoms with Gasteiger partial charge in [-0.25, -0.2) is 0 Å². The summed E-state index contributed by atoms with van der Waals surface area (Å²) in [6, 6.07) is 3.96. The number of benzene rings is 1. The van der Waals surface area contributed by atoms with Gasteiger partial charge in [-0.05, 0) is 32.4 Å². The molecule has 1 aromatic carbocycles. The largest absolute Gasteiger partial charge is 0.347 e. The molecule has 19 heavy (non-hydrogen) atoms. The third-order valence-corrected chi connectivity index (χ3v) is 3.04. The third-order valence-electron chi connectivity index (χ3n) is 2.73. The van der Waals surface area contributed by atoms with Crippen molar-refractivity contribution in [2.75, 3.05) is 0 Å².